The number of aryl methyl sites for hydroxylation is 2. The molecule has 23 heavy (non-hydrogen) atoms. The Morgan fingerprint density at radius 3 is 2.57 bits per heavy atom. The van der Waals surface area contributed by atoms with E-state index in [4.69, 9.17) is 0 Å². The van der Waals surface area contributed by atoms with Gasteiger partial charge in [0.1, 0.15) is 12.6 Å². The van der Waals surface area contributed by atoms with Crippen molar-refractivity contribution in [2.45, 2.75) is 47.1 Å². The van der Waals surface area contributed by atoms with Crippen LogP contribution in [0.1, 0.15) is 38.3 Å². The Morgan fingerprint density at radius 2 is 1.96 bits per heavy atom. The highest BCUT2D eigenvalue weighted by Crippen LogP contribution is 2.35. The topological polar surface area (TPSA) is 61.4 Å². The van der Waals surface area contributed by atoms with E-state index < -0.39 is 0 Å². The number of benzene rings is 1. The second kappa shape index (κ2) is 7.02. The number of nitrogens with zero attached hydrogens (tertiary/aromatic N) is 1. The minimum absolute atomic E-state index is 0.0394. The summed E-state index contributed by atoms with van der Waals surface area (Å²) >= 11 is 0. The fourth-order valence-electron chi connectivity index (χ4n) is 2.73. The predicted molar refractivity (Wildman–Crippen MR) is 93.8 cm³/mol. The van der Waals surface area contributed by atoms with E-state index in [1.54, 1.807) is 4.90 Å². The molecule has 1 aliphatic rings. The van der Waals surface area contributed by atoms with Crippen molar-refractivity contribution in [3.05, 3.63) is 23.3 Å². The van der Waals surface area contributed by atoms with Gasteiger partial charge in [0.05, 0.1) is 11.4 Å². The summed E-state index contributed by atoms with van der Waals surface area (Å²) < 4.78 is 0. The minimum atomic E-state index is -0.302. The molecule has 0 aliphatic carbocycles. The quantitative estimate of drug-likeness (QED) is 0.877. The van der Waals surface area contributed by atoms with E-state index in [-0.39, 0.29) is 30.3 Å². The van der Waals surface area contributed by atoms with Crippen LogP contribution < -0.4 is 15.5 Å². The van der Waals surface area contributed by atoms with Gasteiger partial charge in [0, 0.05) is 6.54 Å². The Morgan fingerprint density at radius 1 is 1.30 bits per heavy atom. The first kappa shape index (κ1) is 17.3. The maximum atomic E-state index is 12.8. The molecule has 5 heteroatoms. The van der Waals surface area contributed by atoms with Crippen LogP contribution in [0.15, 0.2) is 12.1 Å². The molecule has 0 aromatic heterocycles. The third kappa shape index (κ3) is 3.66. The van der Waals surface area contributed by atoms with Crippen LogP contribution in [0.25, 0.3) is 0 Å². The maximum absolute atomic E-state index is 12.8. The molecule has 0 radical (unpaired) electrons. The van der Waals surface area contributed by atoms with Crippen molar-refractivity contribution in [2.75, 3.05) is 23.3 Å². The van der Waals surface area contributed by atoms with Crippen molar-refractivity contribution in [2.24, 2.45) is 5.92 Å². The second-order valence-electron chi connectivity index (χ2n) is 6.59. The van der Waals surface area contributed by atoms with Crippen molar-refractivity contribution >= 4 is 23.2 Å². The van der Waals surface area contributed by atoms with Crippen molar-refractivity contribution in [1.82, 2.24) is 5.32 Å². The third-order valence-corrected chi connectivity index (χ3v) is 4.29. The summed E-state index contributed by atoms with van der Waals surface area (Å²) in [6, 6.07) is 3.74. The number of hydrogen-bond acceptors (Lipinski definition) is 3. The Bertz CT molecular complexity index is 611. The van der Waals surface area contributed by atoms with Gasteiger partial charge in [-0.25, -0.2) is 0 Å². The number of fused-ring (bicyclic) bond motifs is 1. The average molecular weight is 317 g/mol. The number of carbonyl (C=O) groups excluding carboxylic acids is 2. The first-order valence-electron chi connectivity index (χ1n) is 8.31. The molecule has 126 valence electrons. The highest BCUT2D eigenvalue weighted by molar-refractivity contribution is 6.08. The number of amides is 2. The first-order valence-corrected chi connectivity index (χ1v) is 8.31. The molecular formula is C18H27N3O2. The van der Waals surface area contributed by atoms with Crippen LogP contribution in [0.2, 0.25) is 0 Å². The first-order chi connectivity index (χ1) is 10.8. The molecular weight excluding hydrogens is 290 g/mol. The summed E-state index contributed by atoms with van der Waals surface area (Å²) in [6.45, 7) is 10.8. The molecule has 1 aliphatic heterocycles. The lowest BCUT2D eigenvalue weighted by atomic mass is 9.97. The van der Waals surface area contributed by atoms with Crippen LogP contribution in [-0.4, -0.2) is 30.9 Å². The summed E-state index contributed by atoms with van der Waals surface area (Å²) in [4.78, 5) is 26.6. The standard InChI is InChI=1S/C18H27N3O2/c1-6-7-19-16(22)10-21-15-9-13(5)12(4)8-14(15)20-17(11(2)3)18(21)23/h8-9,11,17,20H,6-7,10H2,1-5H3,(H,19,22). The highest BCUT2D eigenvalue weighted by Gasteiger charge is 2.35. The number of hydrogen-bond donors (Lipinski definition) is 2. The van der Waals surface area contributed by atoms with Crippen LogP contribution in [0.5, 0.6) is 0 Å². The van der Waals surface area contributed by atoms with Crippen molar-refractivity contribution < 1.29 is 9.59 Å². The molecule has 1 aromatic carbocycles. The molecule has 0 fully saturated rings. The van der Waals surface area contributed by atoms with E-state index in [0.29, 0.717) is 6.54 Å². The zero-order valence-corrected chi connectivity index (χ0v) is 14.7. The summed E-state index contributed by atoms with van der Waals surface area (Å²) in [5, 5.41) is 6.19. The van der Waals surface area contributed by atoms with Gasteiger partial charge < -0.3 is 10.6 Å². The van der Waals surface area contributed by atoms with Crippen LogP contribution in [0, 0.1) is 19.8 Å². The lowest BCUT2D eigenvalue weighted by Crippen LogP contribution is -2.52. The van der Waals surface area contributed by atoms with Crippen molar-refractivity contribution in [3.63, 3.8) is 0 Å². The molecule has 1 unspecified atom stereocenters. The van der Waals surface area contributed by atoms with Crippen LogP contribution in [0.4, 0.5) is 11.4 Å². The van der Waals surface area contributed by atoms with Gasteiger partial charge in [-0.2, -0.15) is 0 Å². The minimum Gasteiger partial charge on any atom is -0.372 e. The zero-order chi connectivity index (χ0) is 17.1. The van der Waals surface area contributed by atoms with E-state index in [1.807, 2.05) is 33.8 Å². The van der Waals surface area contributed by atoms with E-state index in [2.05, 4.69) is 23.6 Å². The number of rotatable bonds is 5. The molecule has 0 saturated heterocycles. The molecule has 0 saturated carbocycles. The van der Waals surface area contributed by atoms with Gasteiger partial charge in [-0.1, -0.05) is 20.8 Å². The summed E-state index contributed by atoms with van der Waals surface area (Å²) in [5.41, 5.74) is 4.00. The lowest BCUT2D eigenvalue weighted by molar-refractivity contribution is -0.124. The molecule has 0 spiro atoms. The number of carbonyl (C=O) groups is 2. The number of anilines is 2. The largest absolute Gasteiger partial charge is 0.372 e. The second-order valence-corrected chi connectivity index (χ2v) is 6.59. The number of nitrogens with one attached hydrogen (secondary N) is 2. The molecule has 2 amide bonds. The van der Waals surface area contributed by atoms with Gasteiger partial charge in [0.15, 0.2) is 0 Å². The fraction of sp³-hybridized carbons (Fsp3) is 0.556. The van der Waals surface area contributed by atoms with Crippen molar-refractivity contribution in [1.29, 1.82) is 0 Å². The Balaban J connectivity index is 2.36. The van der Waals surface area contributed by atoms with E-state index >= 15 is 0 Å². The van der Waals surface area contributed by atoms with Crippen LogP contribution in [-0.2, 0) is 9.59 Å². The Labute approximate surface area is 138 Å². The van der Waals surface area contributed by atoms with Gasteiger partial charge in [-0.3, -0.25) is 14.5 Å². The lowest BCUT2D eigenvalue weighted by Gasteiger charge is -2.37. The summed E-state index contributed by atoms with van der Waals surface area (Å²) in [6.07, 6.45) is 0.880. The van der Waals surface area contributed by atoms with Gasteiger partial charge >= 0.3 is 0 Å². The normalized spacial score (nSPS) is 17.0. The maximum Gasteiger partial charge on any atom is 0.250 e. The van der Waals surface area contributed by atoms with E-state index in [1.165, 1.54) is 5.56 Å². The molecule has 1 aromatic rings. The summed E-state index contributed by atoms with van der Waals surface area (Å²) in [5.74, 6) is -0.00496. The van der Waals surface area contributed by atoms with Gasteiger partial charge in [-0.15, -0.1) is 0 Å². The van der Waals surface area contributed by atoms with E-state index in [9.17, 15) is 9.59 Å². The predicted octanol–water partition coefficient (Wildman–Crippen LogP) is 2.61. The summed E-state index contributed by atoms with van der Waals surface area (Å²) in [7, 11) is 0. The zero-order valence-electron chi connectivity index (χ0n) is 14.7. The monoisotopic (exact) mass is 317 g/mol. The molecule has 1 atom stereocenters. The van der Waals surface area contributed by atoms with E-state index in [0.717, 1.165) is 23.4 Å². The fourth-order valence-corrected chi connectivity index (χ4v) is 2.73. The van der Waals surface area contributed by atoms with Crippen LogP contribution >= 0.6 is 0 Å². The third-order valence-electron chi connectivity index (χ3n) is 4.29. The molecule has 2 N–H and O–H groups in total. The molecule has 1 heterocycles. The Kier molecular flexibility index (Phi) is 5.29. The molecule has 0 bridgehead atoms. The van der Waals surface area contributed by atoms with Crippen molar-refractivity contribution in [3.8, 4) is 0 Å². The van der Waals surface area contributed by atoms with Gasteiger partial charge in [0.2, 0.25) is 11.8 Å². The van der Waals surface area contributed by atoms with Crippen LogP contribution in [0.3, 0.4) is 0 Å². The SMILES string of the molecule is CCCNC(=O)CN1C(=O)C(C(C)C)Nc2cc(C)c(C)cc21. The Hall–Kier alpha value is -2.04. The average Bonchev–Trinajstić information content (AvgIpc) is 2.49. The highest BCUT2D eigenvalue weighted by atomic mass is 16.2. The van der Waals surface area contributed by atoms with Gasteiger partial charge in [0.25, 0.3) is 0 Å². The smallest absolute Gasteiger partial charge is 0.250 e. The molecule has 2 rings (SSSR count). The molecule has 5 nitrogen and oxygen atoms in total. The van der Waals surface area contributed by atoms with Gasteiger partial charge in [-0.05, 0) is 49.4 Å².